The molecule has 0 saturated heterocycles. The molecule has 0 aliphatic carbocycles. The highest BCUT2D eigenvalue weighted by atomic mass is 32.1. The summed E-state index contributed by atoms with van der Waals surface area (Å²) in [7, 11) is 0. The van der Waals surface area contributed by atoms with Crippen LogP contribution in [0, 0.1) is 5.82 Å². The molecule has 1 aromatic rings. The molecule has 0 aromatic heterocycles. The summed E-state index contributed by atoms with van der Waals surface area (Å²) in [5.74, 6) is -1.62. The first kappa shape index (κ1) is 9.02. The zero-order valence-corrected chi connectivity index (χ0v) is 6.72. The van der Waals surface area contributed by atoms with Crippen LogP contribution in [0.25, 0.3) is 0 Å². The fourth-order valence-electron chi connectivity index (χ4n) is 0.721. The van der Waals surface area contributed by atoms with Gasteiger partial charge in [-0.15, -0.1) is 12.6 Å². The summed E-state index contributed by atoms with van der Waals surface area (Å²) < 4.78 is 12.5. The molecular formula is C7H5FO3S. The Bertz CT molecular complexity index is 314. The zero-order valence-electron chi connectivity index (χ0n) is 5.82. The van der Waals surface area contributed by atoms with E-state index < -0.39 is 11.8 Å². The first-order chi connectivity index (χ1) is 5.65. The topological polar surface area (TPSA) is 46.5 Å². The van der Waals surface area contributed by atoms with Crippen molar-refractivity contribution < 1.29 is 19.3 Å². The second-order valence-corrected chi connectivity index (χ2v) is 2.52. The van der Waals surface area contributed by atoms with Crippen molar-refractivity contribution in [2.24, 2.45) is 0 Å². The first-order valence-corrected chi connectivity index (χ1v) is 3.44. The lowest BCUT2D eigenvalue weighted by Crippen LogP contribution is -2.03. The molecule has 64 valence electrons. The highest BCUT2D eigenvalue weighted by Gasteiger charge is 2.11. The van der Waals surface area contributed by atoms with Gasteiger partial charge in [0.1, 0.15) is 5.82 Å². The average Bonchev–Trinajstić information content (AvgIpc) is 2.08. The van der Waals surface area contributed by atoms with Gasteiger partial charge in [0.15, 0.2) is 0 Å². The summed E-state index contributed by atoms with van der Waals surface area (Å²) in [5, 5.41) is 8.00. The van der Waals surface area contributed by atoms with Crippen LogP contribution in [0.1, 0.15) is 10.4 Å². The maximum atomic E-state index is 12.5. The summed E-state index contributed by atoms with van der Waals surface area (Å²) >= 11 is 3.86. The third-order valence-corrected chi connectivity index (χ3v) is 1.65. The lowest BCUT2D eigenvalue weighted by Gasteiger charge is -1.99. The van der Waals surface area contributed by atoms with E-state index in [0.29, 0.717) is 0 Å². The van der Waals surface area contributed by atoms with Crippen LogP contribution in [-0.2, 0) is 4.89 Å². The second kappa shape index (κ2) is 3.55. The number of rotatable bonds is 1. The largest absolute Gasteiger partial charge is 0.374 e. The van der Waals surface area contributed by atoms with E-state index in [0.717, 1.165) is 12.1 Å². The second-order valence-electron chi connectivity index (χ2n) is 2.04. The van der Waals surface area contributed by atoms with Crippen LogP contribution in [0.2, 0.25) is 0 Å². The van der Waals surface area contributed by atoms with Crippen molar-refractivity contribution in [1.29, 1.82) is 0 Å². The van der Waals surface area contributed by atoms with Crippen molar-refractivity contribution in [3.05, 3.63) is 29.6 Å². The molecule has 1 rings (SSSR count). The van der Waals surface area contributed by atoms with Gasteiger partial charge in [-0.25, -0.2) is 9.18 Å². The number of hydrogen-bond donors (Lipinski definition) is 2. The predicted molar refractivity (Wildman–Crippen MR) is 41.7 cm³/mol. The zero-order chi connectivity index (χ0) is 9.14. The van der Waals surface area contributed by atoms with E-state index in [9.17, 15) is 9.18 Å². The fourth-order valence-corrected chi connectivity index (χ4v) is 0.951. The van der Waals surface area contributed by atoms with Crippen LogP contribution >= 0.6 is 12.6 Å². The Labute approximate surface area is 73.1 Å². The van der Waals surface area contributed by atoms with Gasteiger partial charge in [0, 0.05) is 4.90 Å². The SMILES string of the molecule is O=C(OO)c1cc(F)ccc1S. The van der Waals surface area contributed by atoms with Gasteiger partial charge in [0.25, 0.3) is 0 Å². The van der Waals surface area contributed by atoms with Gasteiger partial charge in [-0.2, -0.15) is 5.26 Å². The Kier molecular flexibility index (Phi) is 2.67. The quantitative estimate of drug-likeness (QED) is 0.401. The van der Waals surface area contributed by atoms with Gasteiger partial charge in [-0.3, -0.25) is 4.89 Å². The molecule has 0 saturated carbocycles. The van der Waals surface area contributed by atoms with Crippen LogP contribution in [0.15, 0.2) is 23.1 Å². The number of hydrogen-bond acceptors (Lipinski definition) is 4. The van der Waals surface area contributed by atoms with Crippen molar-refractivity contribution in [1.82, 2.24) is 0 Å². The molecule has 0 atom stereocenters. The van der Waals surface area contributed by atoms with E-state index in [2.05, 4.69) is 17.5 Å². The van der Waals surface area contributed by atoms with Crippen molar-refractivity contribution in [3.8, 4) is 0 Å². The van der Waals surface area contributed by atoms with Crippen molar-refractivity contribution in [2.75, 3.05) is 0 Å². The minimum absolute atomic E-state index is 0.110. The van der Waals surface area contributed by atoms with E-state index in [1.165, 1.54) is 6.07 Å². The molecule has 1 N–H and O–H groups in total. The standard InChI is InChI=1S/C7H5FO3S/c8-4-1-2-6(12)5(3-4)7(9)11-10/h1-3,10,12H. The molecule has 0 radical (unpaired) electrons. The molecule has 0 unspecified atom stereocenters. The summed E-state index contributed by atoms with van der Waals surface area (Å²) in [5.41, 5.74) is -0.110. The summed E-state index contributed by atoms with van der Waals surface area (Å²) in [6.07, 6.45) is 0. The third-order valence-electron chi connectivity index (χ3n) is 1.26. The molecule has 0 fully saturated rings. The van der Waals surface area contributed by atoms with Gasteiger partial charge in [-0.1, -0.05) is 0 Å². The Morgan fingerprint density at radius 2 is 2.25 bits per heavy atom. The van der Waals surface area contributed by atoms with Crippen LogP contribution in [0.5, 0.6) is 0 Å². The van der Waals surface area contributed by atoms with Crippen LogP contribution in [0.3, 0.4) is 0 Å². The van der Waals surface area contributed by atoms with Gasteiger partial charge < -0.3 is 0 Å². The summed E-state index contributed by atoms with van der Waals surface area (Å²) in [4.78, 5) is 14.4. The van der Waals surface area contributed by atoms with E-state index in [-0.39, 0.29) is 10.5 Å². The minimum atomic E-state index is -1.03. The van der Waals surface area contributed by atoms with Crippen molar-refractivity contribution >= 4 is 18.6 Å². The van der Waals surface area contributed by atoms with E-state index in [1.807, 2.05) is 0 Å². The van der Waals surface area contributed by atoms with Crippen LogP contribution in [0.4, 0.5) is 4.39 Å². The number of carbonyl (C=O) groups excluding carboxylic acids is 1. The van der Waals surface area contributed by atoms with Crippen LogP contribution < -0.4 is 0 Å². The number of carbonyl (C=O) groups is 1. The van der Waals surface area contributed by atoms with E-state index in [4.69, 9.17) is 5.26 Å². The first-order valence-electron chi connectivity index (χ1n) is 2.99. The smallest absolute Gasteiger partial charge is 0.295 e. The van der Waals surface area contributed by atoms with E-state index >= 15 is 0 Å². The predicted octanol–water partition coefficient (Wildman–Crippen LogP) is 1.74. The molecule has 0 aliphatic heterocycles. The fraction of sp³-hybridized carbons (Fsp3) is 0. The van der Waals surface area contributed by atoms with Crippen molar-refractivity contribution in [2.45, 2.75) is 4.90 Å². The maximum Gasteiger partial charge on any atom is 0.374 e. The Hall–Kier alpha value is -1.07. The molecular weight excluding hydrogens is 183 g/mol. The lowest BCUT2D eigenvalue weighted by molar-refractivity contribution is -0.183. The molecule has 0 aliphatic rings. The molecule has 3 nitrogen and oxygen atoms in total. The Morgan fingerprint density at radius 3 is 2.83 bits per heavy atom. The summed E-state index contributed by atoms with van der Waals surface area (Å²) in [6, 6.07) is 3.38. The average molecular weight is 188 g/mol. The Balaban J connectivity index is 3.13. The monoisotopic (exact) mass is 188 g/mol. The highest BCUT2D eigenvalue weighted by molar-refractivity contribution is 7.80. The molecule has 0 bridgehead atoms. The van der Waals surface area contributed by atoms with Crippen LogP contribution in [-0.4, -0.2) is 11.2 Å². The van der Waals surface area contributed by atoms with E-state index in [1.54, 1.807) is 0 Å². The molecule has 0 spiro atoms. The number of benzene rings is 1. The van der Waals surface area contributed by atoms with Gasteiger partial charge in [0.05, 0.1) is 5.56 Å². The van der Waals surface area contributed by atoms with Gasteiger partial charge >= 0.3 is 5.97 Å². The minimum Gasteiger partial charge on any atom is -0.295 e. The summed E-state index contributed by atoms with van der Waals surface area (Å²) in [6.45, 7) is 0. The molecule has 0 heterocycles. The Morgan fingerprint density at radius 1 is 1.58 bits per heavy atom. The molecule has 12 heavy (non-hydrogen) atoms. The highest BCUT2D eigenvalue weighted by Crippen LogP contribution is 2.15. The molecule has 5 heteroatoms. The number of thiol groups is 1. The van der Waals surface area contributed by atoms with Gasteiger partial charge in [-0.05, 0) is 18.2 Å². The van der Waals surface area contributed by atoms with Crippen molar-refractivity contribution in [3.63, 3.8) is 0 Å². The van der Waals surface area contributed by atoms with Gasteiger partial charge in [0.2, 0.25) is 0 Å². The number of halogens is 1. The lowest BCUT2D eigenvalue weighted by atomic mass is 10.2. The molecule has 1 aromatic carbocycles. The normalized spacial score (nSPS) is 9.58. The maximum absolute atomic E-state index is 12.5. The third kappa shape index (κ3) is 1.75. The molecule has 0 amide bonds.